The van der Waals surface area contributed by atoms with Crippen LogP contribution in [0.5, 0.6) is 0 Å². The fourth-order valence-electron chi connectivity index (χ4n) is 3.55. The molecule has 1 saturated heterocycles. The lowest BCUT2D eigenvalue weighted by molar-refractivity contribution is -0.137. The fourth-order valence-corrected chi connectivity index (χ4v) is 6.14. The van der Waals surface area contributed by atoms with Gasteiger partial charge in [-0.05, 0) is 42.0 Å². The van der Waals surface area contributed by atoms with Crippen molar-refractivity contribution in [2.24, 2.45) is 0 Å². The third-order valence-corrected chi connectivity index (χ3v) is 8.22. The molecule has 3 aromatic rings. The molecule has 4 rings (SSSR count). The smallest absolute Gasteiger partial charge is 0.345 e. The van der Waals surface area contributed by atoms with Crippen LogP contribution >= 0.6 is 22.9 Å². The Balaban J connectivity index is 1.42. The van der Waals surface area contributed by atoms with E-state index in [1.165, 1.54) is 33.8 Å². The predicted octanol–water partition coefficient (Wildman–Crippen LogP) is 5.06. The van der Waals surface area contributed by atoms with Gasteiger partial charge < -0.3 is 4.90 Å². The van der Waals surface area contributed by atoms with E-state index in [1.807, 2.05) is 10.3 Å². The van der Waals surface area contributed by atoms with Gasteiger partial charge in [-0.2, -0.15) is 17.5 Å². The molecular weight excluding hydrogens is 502 g/mol. The number of rotatable bonds is 5. The van der Waals surface area contributed by atoms with Gasteiger partial charge in [0.05, 0.1) is 16.2 Å². The van der Waals surface area contributed by atoms with Crippen molar-refractivity contribution >= 4 is 38.1 Å². The van der Waals surface area contributed by atoms with Crippen LogP contribution in [-0.4, -0.2) is 43.9 Å². The zero-order valence-electron chi connectivity index (χ0n) is 17.0. The Morgan fingerprint density at radius 1 is 1.06 bits per heavy atom. The van der Waals surface area contributed by atoms with Crippen LogP contribution in [-0.2, 0) is 22.6 Å². The van der Waals surface area contributed by atoms with Gasteiger partial charge in [0, 0.05) is 43.0 Å². The number of halogens is 5. The van der Waals surface area contributed by atoms with Crippen molar-refractivity contribution in [3.05, 3.63) is 75.5 Å². The molecule has 0 atom stereocenters. The second-order valence-corrected chi connectivity index (χ2v) is 10.7. The molecule has 5 nitrogen and oxygen atoms in total. The minimum atomic E-state index is -4.62. The Hall–Kier alpha value is -2.21. The lowest BCUT2D eigenvalue weighted by Gasteiger charge is -2.33. The van der Waals surface area contributed by atoms with E-state index in [0.717, 1.165) is 17.8 Å². The lowest BCUT2D eigenvalue weighted by Crippen LogP contribution is -2.48. The minimum absolute atomic E-state index is 0.118. The summed E-state index contributed by atoms with van der Waals surface area (Å²) in [6.45, 7) is 0.924. The van der Waals surface area contributed by atoms with Crippen molar-refractivity contribution in [3.63, 3.8) is 0 Å². The molecule has 1 aliphatic rings. The van der Waals surface area contributed by atoms with Gasteiger partial charge in [0.2, 0.25) is 10.0 Å². The van der Waals surface area contributed by atoms with Crippen molar-refractivity contribution in [3.8, 4) is 0 Å². The summed E-state index contributed by atoms with van der Waals surface area (Å²) in [6, 6.07) is 8.05. The summed E-state index contributed by atoms with van der Waals surface area (Å²) >= 11 is 7.28. The zero-order valence-corrected chi connectivity index (χ0v) is 19.4. The van der Waals surface area contributed by atoms with Crippen molar-refractivity contribution in [2.75, 3.05) is 31.1 Å². The second kappa shape index (κ2) is 9.21. The molecule has 0 radical (unpaired) electrons. The number of aromatic nitrogens is 1. The zero-order chi connectivity index (χ0) is 23.8. The van der Waals surface area contributed by atoms with E-state index in [0.29, 0.717) is 41.3 Å². The number of piperazine rings is 1. The first kappa shape index (κ1) is 23.9. The maximum Gasteiger partial charge on any atom is 0.416 e. The summed E-state index contributed by atoms with van der Waals surface area (Å²) in [5, 5.41) is 2.85. The normalized spacial score (nSPS) is 15.7. The molecule has 0 amide bonds. The maximum absolute atomic E-state index is 13.5. The number of nitrogens with zero attached hydrogens (tertiary/aromatic N) is 3. The Kier molecular flexibility index (Phi) is 6.68. The molecule has 0 aliphatic carbocycles. The second-order valence-electron chi connectivity index (χ2n) is 7.49. The highest BCUT2D eigenvalue weighted by Crippen LogP contribution is 2.32. The molecule has 0 saturated carbocycles. The number of alkyl halides is 3. The standard InChI is InChI=1S/C21H18ClF4N3O2S2/c22-16-8-14(9-17(23)12-16)10-18-13-32-20(27-18)28-4-6-29(7-5-28)33(30,31)19-3-1-2-15(11-19)21(24,25)26/h1-3,8-9,11-13H,4-7,10H2. The van der Waals surface area contributed by atoms with Crippen molar-refractivity contribution in [1.82, 2.24) is 9.29 Å². The minimum Gasteiger partial charge on any atom is -0.345 e. The van der Waals surface area contributed by atoms with Crippen LogP contribution in [0.2, 0.25) is 5.02 Å². The van der Waals surface area contributed by atoms with Gasteiger partial charge in [-0.15, -0.1) is 11.3 Å². The molecule has 1 aliphatic heterocycles. The Bertz CT molecular complexity index is 1240. The summed E-state index contributed by atoms with van der Waals surface area (Å²) in [5.41, 5.74) is 0.418. The van der Waals surface area contributed by atoms with Gasteiger partial charge in [-0.3, -0.25) is 0 Å². The molecule has 12 heteroatoms. The third kappa shape index (κ3) is 5.48. The summed E-state index contributed by atoms with van der Waals surface area (Å²) in [6.07, 6.45) is -4.22. The van der Waals surface area contributed by atoms with Crippen LogP contribution in [0.4, 0.5) is 22.7 Å². The molecule has 2 heterocycles. The highest BCUT2D eigenvalue weighted by molar-refractivity contribution is 7.89. The lowest BCUT2D eigenvalue weighted by atomic mass is 10.1. The SMILES string of the molecule is O=S(=O)(c1cccc(C(F)(F)F)c1)N1CCN(c2nc(Cc3cc(F)cc(Cl)c3)cs2)CC1. The van der Waals surface area contributed by atoms with Gasteiger partial charge in [0.15, 0.2) is 5.13 Å². The molecule has 0 spiro atoms. The number of sulfonamides is 1. The van der Waals surface area contributed by atoms with Gasteiger partial charge >= 0.3 is 6.18 Å². The van der Waals surface area contributed by atoms with E-state index < -0.39 is 27.6 Å². The van der Waals surface area contributed by atoms with E-state index in [-0.39, 0.29) is 18.0 Å². The van der Waals surface area contributed by atoms with Crippen LogP contribution in [0.3, 0.4) is 0 Å². The summed E-state index contributed by atoms with van der Waals surface area (Å²) < 4.78 is 79.4. The van der Waals surface area contributed by atoms with Crippen LogP contribution in [0.1, 0.15) is 16.8 Å². The number of hydrogen-bond donors (Lipinski definition) is 0. The van der Waals surface area contributed by atoms with Crippen molar-refractivity contribution in [2.45, 2.75) is 17.5 Å². The quantitative estimate of drug-likeness (QED) is 0.442. The van der Waals surface area contributed by atoms with E-state index >= 15 is 0 Å². The highest BCUT2D eigenvalue weighted by Gasteiger charge is 2.34. The Morgan fingerprint density at radius 3 is 2.45 bits per heavy atom. The van der Waals surface area contributed by atoms with Crippen molar-refractivity contribution < 1.29 is 26.0 Å². The van der Waals surface area contributed by atoms with Crippen molar-refractivity contribution in [1.29, 1.82) is 0 Å². The third-order valence-electron chi connectivity index (χ3n) is 5.16. The van der Waals surface area contributed by atoms with Crippen LogP contribution in [0.15, 0.2) is 52.7 Å². The number of benzene rings is 2. The highest BCUT2D eigenvalue weighted by atomic mass is 35.5. The van der Waals surface area contributed by atoms with Gasteiger partial charge in [-0.1, -0.05) is 17.7 Å². The Morgan fingerprint density at radius 2 is 1.79 bits per heavy atom. The molecule has 1 aromatic heterocycles. The van der Waals surface area contributed by atoms with E-state index in [1.54, 1.807) is 6.07 Å². The van der Waals surface area contributed by atoms with Gasteiger partial charge in [0.1, 0.15) is 5.82 Å². The molecule has 1 fully saturated rings. The topological polar surface area (TPSA) is 53.5 Å². The number of anilines is 1. The summed E-state index contributed by atoms with van der Waals surface area (Å²) in [4.78, 5) is 6.10. The van der Waals surface area contributed by atoms with Gasteiger partial charge in [-0.25, -0.2) is 17.8 Å². The maximum atomic E-state index is 13.5. The average molecular weight is 520 g/mol. The van der Waals surface area contributed by atoms with Crippen LogP contribution in [0, 0.1) is 5.82 Å². The first-order valence-electron chi connectivity index (χ1n) is 9.84. The van der Waals surface area contributed by atoms with E-state index in [9.17, 15) is 26.0 Å². The molecular formula is C21H18ClF4N3O2S2. The largest absolute Gasteiger partial charge is 0.416 e. The van der Waals surface area contributed by atoms with Crippen LogP contribution in [0.25, 0.3) is 0 Å². The molecule has 2 aromatic carbocycles. The first-order chi connectivity index (χ1) is 15.5. The number of thiazole rings is 1. The first-order valence-corrected chi connectivity index (χ1v) is 12.5. The molecule has 33 heavy (non-hydrogen) atoms. The van der Waals surface area contributed by atoms with E-state index in [2.05, 4.69) is 4.98 Å². The Labute approximate surface area is 197 Å². The number of hydrogen-bond acceptors (Lipinski definition) is 5. The summed E-state index contributed by atoms with van der Waals surface area (Å²) in [7, 11) is -4.05. The fraction of sp³-hybridized carbons (Fsp3) is 0.286. The molecule has 0 bridgehead atoms. The van der Waals surface area contributed by atoms with Gasteiger partial charge in [0.25, 0.3) is 0 Å². The molecule has 0 N–H and O–H groups in total. The van der Waals surface area contributed by atoms with Crippen LogP contribution < -0.4 is 4.90 Å². The monoisotopic (exact) mass is 519 g/mol. The molecule has 0 unspecified atom stereocenters. The summed E-state index contributed by atoms with van der Waals surface area (Å²) in [5.74, 6) is -0.425. The van der Waals surface area contributed by atoms with E-state index in [4.69, 9.17) is 11.6 Å². The average Bonchev–Trinajstić information content (AvgIpc) is 3.21. The molecule has 176 valence electrons. The predicted molar refractivity (Wildman–Crippen MR) is 119 cm³/mol.